The standard InChI is InChI=1S/C14H13Br2IN2O/c1-3-11-14(16)12(19(2)18-11)7-13(20)9-6-8(17)4-5-10(9)15/h4-6H,3,7H2,1-2H3. The summed E-state index contributed by atoms with van der Waals surface area (Å²) in [6.45, 7) is 2.05. The molecule has 0 radical (unpaired) electrons. The van der Waals surface area contributed by atoms with E-state index in [4.69, 9.17) is 0 Å². The lowest BCUT2D eigenvalue weighted by molar-refractivity contribution is 0.0990. The van der Waals surface area contributed by atoms with E-state index in [1.807, 2.05) is 25.2 Å². The third-order valence-electron chi connectivity index (χ3n) is 3.06. The number of hydrogen-bond donors (Lipinski definition) is 0. The van der Waals surface area contributed by atoms with Crippen LogP contribution in [0, 0.1) is 3.57 Å². The molecule has 0 amide bonds. The lowest BCUT2D eigenvalue weighted by atomic mass is 10.1. The van der Waals surface area contributed by atoms with E-state index in [2.05, 4.69) is 66.5 Å². The van der Waals surface area contributed by atoms with E-state index in [-0.39, 0.29) is 5.78 Å². The predicted octanol–water partition coefficient (Wildman–Crippen LogP) is 4.54. The zero-order chi connectivity index (χ0) is 14.9. The first-order valence-corrected chi connectivity index (χ1v) is 8.79. The summed E-state index contributed by atoms with van der Waals surface area (Å²) in [6, 6.07) is 5.78. The number of hydrogen-bond acceptors (Lipinski definition) is 2. The van der Waals surface area contributed by atoms with Crippen LogP contribution in [0.2, 0.25) is 0 Å². The fourth-order valence-corrected chi connectivity index (χ4v) is 3.69. The van der Waals surface area contributed by atoms with Crippen LogP contribution in [0.5, 0.6) is 0 Å². The third-order valence-corrected chi connectivity index (χ3v) is 5.34. The van der Waals surface area contributed by atoms with Gasteiger partial charge in [0.05, 0.1) is 22.3 Å². The first-order chi connectivity index (χ1) is 9.43. The Morgan fingerprint density at radius 2 is 2.10 bits per heavy atom. The first-order valence-electron chi connectivity index (χ1n) is 6.12. The molecule has 0 N–H and O–H groups in total. The summed E-state index contributed by atoms with van der Waals surface area (Å²) < 4.78 is 4.60. The third kappa shape index (κ3) is 3.33. The van der Waals surface area contributed by atoms with Crippen LogP contribution in [0.25, 0.3) is 0 Å². The number of carbonyl (C=O) groups is 1. The molecule has 2 aromatic rings. The molecule has 1 heterocycles. The van der Waals surface area contributed by atoms with Crippen molar-refractivity contribution in [3.8, 4) is 0 Å². The van der Waals surface area contributed by atoms with E-state index < -0.39 is 0 Å². The molecule has 0 bridgehead atoms. The van der Waals surface area contributed by atoms with E-state index >= 15 is 0 Å². The maximum Gasteiger partial charge on any atom is 0.170 e. The molecule has 0 aliphatic rings. The van der Waals surface area contributed by atoms with Gasteiger partial charge in [-0.1, -0.05) is 22.9 Å². The largest absolute Gasteiger partial charge is 0.294 e. The summed E-state index contributed by atoms with van der Waals surface area (Å²) in [5.74, 6) is 0.0849. The molecule has 0 spiro atoms. The Bertz CT molecular complexity index is 667. The Morgan fingerprint density at radius 3 is 2.70 bits per heavy atom. The normalized spacial score (nSPS) is 10.8. The molecule has 0 saturated carbocycles. The quantitative estimate of drug-likeness (QED) is 0.446. The molecule has 6 heteroatoms. The maximum absolute atomic E-state index is 12.5. The van der Waals surface area contributed by atoms with E-state index in [9.17, 15) is 4.79 Å². The van der Waals surface area contributed by atoms with Crippen LogP contribution in [0.15, 0.2) is 27.1 Å². The Hall–Kier alpha value is -0.210. The molecule has 1 aromatic heterocycles. The highest BCUT2D eigenvalue weighted by Gasteiger charge is 2.18. The van der Waals surface area contributed by atoms with Crippen LogP contribution in [0.3, 0.4) is 0 Å². The number of rotatable bonds is 4. The lowest BCUT2D eigenvalue weighted by Crippen LogP contribution is -2.09. The Labute approximate surface area is 148 Å². The minimum atomic E-state index is 0.0849. The van der Waals surface area contributed by atoms with Gasteiger partial charge in [0.2, 0.25) is 0 Å². The average Bonchev–Trinajstić information content (AvgIpc) is 2.68. The van der Waals surface area contributed by atoms with Gasteiger partial charge in [0.15, 0.2) is 5.78 Å². The summed E-state index contributed by atoms with van der Waals surface area (Å²) in [7, 11) is 1.87. The molecule has 0 unspecified atom stereocenters. The van der Waals surface area contributed by atoms with Gasteiger partial charge in [0.25, 0.3) is 0 Å². The SMILES string of the molecule is CCc1nn(C)c(CC(=O)c2cc(I)ccc2Br)c1Br. The van der Waals surface area contributed by atoms with Crippen LogP contribution in [-0.4, -0.2) is 15.6 Å². The Morgan fingerprint density at radius 1 is 1.40 bits per heavy atom. The average molecular weight is 512 g/mol. The predicted molar refractivity (Wildman–Crippen MR) is 95.2 cm³/mol. The van der Waals surface area contributed by atoms with Crippen molar-refractivity contribution in [1.82, 2.24) is 9.78 Å². The number of carbonyl (C=O) groups excluding carboxylic acids is 1. The van der Waals surface area contributed by atoms with Gasteiger partial charge >= 0.3 is 0 Å². The zero-order valence-electron chi connectivity index (χ0n) is 11.1. The molecule has 0 fully saturated rings. The molecule has 1 aromatic carbocycles. The highest BCUT2D eigenvalue weighted by molar-refractivity contribution is 14.1. The second-order valence-corrected chi connectivity index (χ2v) is 7.30. The molecule has 0 saturated heterocycles. The number of benzene rings is 1. The van der Waals surface area contributed by atoms with E-state index in [0.29, 0.717) is 12.0 Å². The van der Waals surface area contributed by atoms with E-state index in [0.717, 1.165) is 30.3 Å². The van der Waals surface area contributed by atoms with Crippen LogP contribution < -0.4 is 0 Å². The second kappa shape index (κ2) is 6.70. The van der Waals surface area contributed by atoms with Crippen molar-refractivity contribution in [2.24, 2.45) is 7.05 Å². The summed E-state index contributed by atoms with van der Waals surface area (Å²) in [6.07, 6.45) is 1.18. The summed E-state index contributed by atoms with van der Waals surface area (Å²) in [5.41, 5.74) is 2.61. The van der Waals surface area contributed by atoms with E-state index in [1.165, 1.54) is 0 Å². The van der Waals surface area contributed by atoms with Gasteiger partial charge in [0, 0.05) is 20.7 Å². The monoisotopic (exact) mass is 510 g/mol. The van der Waals surface area contributed by atoms with Crippen molar-refractivity contribution in [3.05, 3.63) is 47.7 Å². The molecule has 20 heavy (non-hydrogen) atoms. The van der Waals surface area contributed by atoms with Crippen molar-refractivity contribution in [2.75, 3.05) is 0 Å². The van der Waals surface area contributed by atoms with Crippen LogP contribution in [0.4, 0.5) is 0 Å². The summed E-state index contributed by atoms with van der Waals surface area (Å²) >= 11 is 9.20. The Balaban J connectivity index is 2.33. The number of aromatic nitrogens is 2. The summed E-state index contributed by atoms with van der Waals surface area (Å²) in [5, 5.41) is 4.42. The second-order valence-electron chi connectivity index (χ2n) is 4.41. The molecule has 0 aliphatic heterocycles. The molecular formula is C14H13Br2IN2O. The zero-order valence-corrected chi connectivity index (χ0v) is 16.4. The number of aryl methyl sites for hydroxylation is 2. The van der Waals surface area contributed by atoms with Gasteiger partial charge in [0.1, 0.15) is 0 Å². The van der Waals surface area contributed by atoms with Gasteiger partial charge in [-0.15, -0.1) is 0 Å². The minimum absolute atomic E-state index is 0.0849. The number of nitrogens with zero attached hydrogens (tertiary/aromatic N) is 2. The van der Waals surface area contributed by atoms with Crippen molar-refractivity contribution in [1.29, 1.82) is 0 Å². The van der Waals surface area contributed by atoms with Crippen molar-refractivity contribution in [2.45, 2.75) is 19.8 Å². The highest BCUT2D eigenvalue weighted by Crippen LogP contribution is 2.25. The highest BCUT2D eigenvalue weighted by atomic mass is 127. The van der Waals surface area contributed by atoms with Crippen LogP contribution in [-0.2, 0) is 19.9 Å². The van der Waals surface area contributed by atoms with Gasteiger partial charge < -0.3 is 0 Å². The van der Waals surface area contributed by atoms with Gasteiger partial charge in [-0.2, -0.15) is 5.10 Å². The maximum atomic E-state index is 12.5. The van der Waals surface area contributed by atoms with E-state index in [1.54, 1.807) is 4.68 Å². The fraction of sp³-hybridized carbons (Fsp3) is 0.286. The van der Waals surface area contributed by atoms with Gasteiger partial charge in [-0.25, -0.2) is 0 Å². The molecule has 2 rings (SSSR count). The smallest absolute Gasteiger partial charge is 0.170 e. The van der Waals surface area contributed by atoms with Crippen LogP contribution >= 0.6 is 54.5 Å². The van der Waals surface area contributed by atoms with Gasteiger partial charge in [-0.05, 0) is 63.1 Å². The van der Waals surface area contributed by atoms with Gasteiger partial charge in [-0.3, -0.25) is 9.48 Å². The molecule has 0 aliphatic carbocycles. The molecule has 0 atom stereocenters. The number of Topliss-reactive ketones (excluding diaryl/α,β-unsaturated/α-hetero) is 1. The summed E-state index contributed by atoms with van der Waals surface area (Å²) in [4.78, 5) is 12.5. The van der Waals surface area contributed by atoms with Crippen molar-refractivity contribution in [3.63, 3.8) is 0 Å². The number of halogens is 3. The number of ketones is 1. The lowest BCUT2D eigenvalue weighted by Gasteiger charge is -2.06. The topological polar surface area (TPSA) is 34.9 Å². The Kier molecular flexibility index (Phi) is 5.42. The van der Waals surface area contributed by atoms with Crippen LogP contribution in [0.1, 0.15) is 28.7 Å². The fourth-order valence-electron chi connectivity index (χ4n) is 1.97. The van der Waals surface area contributed by atoms with Crippen molar-refractivity contribution < 1.29 is 4.79 Å². The first kappa shape index (κ1) is 16.2. The molecular weight excluding hydrogens is 499 g/mol. The van der Waals surface area contributed by atoms with Crippen molar-refractivity contribution >= 4 is 60.2 Å². The minimum Gasteiger partial charge on any atom is -0.294 e. The molecule has 106 valence electrons. The molecule has 3 nitrogen and oxygen atoms in total.